The molecule has 184 valence electrons. The van der Waals surface area contributed by atoms with Crippen LogP contribution in [0.15, 0.2) is 48.8 Å². The van der Waals surface area contributed by atoms with Gasteiger partial charge in [0.15, 0.2) is 0 Å². The summed E-state index contributed by atoms with van der Waals surface area (Å²) in [5, 5.41) is 13.6. The number of anilines is 2. The zero-order chi connectivity index (χ0) is 25.4. The topological polar surface area (TPSA) is 91.9 Å². The second kappa shape index (κ2) is 9.34. The third-order valence-corrected chi connectivity index (χ3v) is 6.98. The van der Waals surface area contributed by atoms with Gasteiger partial charge in [-0.3, -0.25) is 14.8 Å². The number of rotatable bonds is 4. The number of fused-ring (bicyclic) bond motifs is 3. The van der Waals surface area contributed by atoms with Gasteiger partial charge in [-0.15, -0.1) is 0 Å². The fourth-order valence-corrected chi connectivity index (χ4v) is 4.81. The number of pyridine rings is 2. The van der Waals surface area contributed by atoms with Crippen LogP contribution in [0.2, 0.25) is 0 Å². The summed E-state index contributed by atoms with van der Waals surface area (Å²) in [5.74, 6) is -0.267. The van der Waals surface area contributed by atoms with E-state index in [-0.39, 0.29) is 11.9 Å². The first-order valence-electron chi connectivity index (χ1n) is 12.1. The van der Waals surface area contributed by atoms with E-state index in [4.69, 9.17) is 11.3 Å². The highest BCUT2D eigenvalue weighted by molar-refractivity contribution is 6.04. The number of carbonyl (C=O) groups is 1. The van der Waals surface area contributed by atoms with Crippen LogP contribution in [0.4, 0.5) is 11.4 Å². The first-order valence-corrected chi connectivity index (χ1v) is 12.1. The number of morpholine rings is 1. The molecule has 0 saturated carbocycles. The summed E-state index contributed by atoms with van der Waals surface area (Å²) < 4.78 is 5.63. The van der Waals surface area contributed by atoms with Crippen molar-refractivity contribution in [3.05, 3.63) is 82.7 Å². The van der Waals surface area contributed by atoms with Crippen molar-refractivity contribution >= 4 is 17.3 Å². The molecule has 2 atom stereocenters. The van der Waals surface area contributed by atoms with E-state index >= 15 is 0 Å². The van der Waals surface area contributed by atoms with Gasteiger partial charge in [0.1, 0.15) is 11.8 Å². The SMILES string of the molecule is [C-]#[N+]C(C)(C)c1cc(C(=O)Nc2ccc(C)c(-c3cnc4c(c3)N3CCOC[C@@H]3C[C@@H]4O)c2)ccn1. The zero-order valence-corrected chi connectivity index (χ0v) is 20.7. The second-order valence-corrected chi connectivity index (χ2v) is 9.89. The van der Waals surface area contributed by atoms with E-state index in [0.29, 0.717) is 42.3 Å². The lowest BCUT2D eigenvalue weighted by Gasteiger charge is -2.43. The van der Waals surface area contributed by atoms with E-state index in [1.54, 1.807) is 38.4 Å². The second-order valence-electron chi connectivity index (χ2n) is 9.89. The number of hydrogen-bond donors (Lipinski definition) is 2. The summed E-state index contributed by atoms with van der Waals surface area (Å²) in [4.78, 5) is 27.8. The van der Waals surface area contributed by atoms with E-state index in [0.717, 1.165) is 28.9 Å². The van der Waals surface area contributed by atoms with Gasteiger partial charge in [-0.25, -0.2) is 6.57 Å². The molecule has 8 nitrogen and oxygen atoms in total. The van der Waals surface area contributed by atoms with Crippen molar-refractivity contribution in [1.82, 2.24) is 9.97 Å². The van der Waals surface area contributed by atoms with Crippen molar-refractivity contribution < 1.29 is 14.6 Å². The minimum atomic E-state index is -0.806. The van der Waals surface area contributed by atoms with Gasteiger partial charge in [-0.2, -0.15) is 0 Å². The van der Waals surface area contributed by atoms with Crippen LogP contribution >= 0.6 is 0 Å². The van der Waals surface area contributed by atoms with Crippen molar-refractivity contribution in [2.75, 3.05) is 30.0 Å². The summed E-state index contributed by atoms with van der Waals surface area (Å²) in [7, 11) is 0. The van der Waals surface area contributed by atoms with E-state index in [2.05, 4.69) is 31.1 Å². The molecule has 8 heteroatoms. The summed E-state index contributed by atoms with van der Waals surface area (Å²) >= 11 is 0. The monoisotopic (exact) mass is 483 g/mol. The highest BCUT2D eigenvalue weighted by atomic mass is 16.5. The number of carbonyl (C=O) groups excluding carboxylic acids is 1. The molecule has 0 spiro atoms. The van der Waals surface area contributed by atoms with Crippen LogP contribution in [0.3, 0.4) is 0 Å². The highest BCUT2D eigenvalue weighted by Gasteiger charge is 2.35. The van der Waals surface area contributed by atoms with E-state index in [1.165, 1.54) is 0 Å². The van der Waals surface area contributed by atoms with Crippen LogP contribution in [0, 0.1) is 13.5 Å². The fraction of sp³-hybridized carbons (Fsp3) is 0.357. The fourth-order valence-electron chi connectivity index (χ4n) is 4.81. The predicted octanol–water partition coefficient (Wildman–Crippen LogP) is 4.50. The molecule has 0 radical (unpaired) electrons. The Labute approximate surface area is 210 Å². The maximum Gasteiger partial charge on any atom is 0.268 e. The summed E-state index contributed by atoms with van der Waals surface area (Å²) in [6, 6.07) is 11.3. The molecule has 2 aliphatic heterocycles. The normalized spacial score (nSPS) is 19.1. The Hall–Kier alpha value is -3.80. The molecule has 1 aromatic carbocycles. The lowest BCUT2D eigenvalue weighted by atomic mass is 9.94. The van der Waals surface area contributed by atoms with Gasteiger partial charge in [0, 0.05) is 56.0 Å². The molecule has 2 aliphatic rings. The lowest BCUT2D eigenvalue weighted by molar-refractivity contribution is 0.0597. The molecule has 1 amide bonds. The average molecular weight is 484 g/mol. The third kappa shape index (κ3) is 4.43. The zero-order valence-electron chi connectivity index (χ0n) is 20.7. The number of aliphatic hydroxyl groups is 1. The Kier molecular flexibility index (Phi) is 6.20. The maximum absolute atomic E-state index is 13.0. The largest absolute Gasteiger partial charge is 0.387 e. The molecule has 4 heterocycles. The maximum atomic E-state index is 13.0. The number of ether oxygens (including phenoxy) is 1. The summed E-state index contributed by atoms with van der Waals surface area (Å²) in [6.07, 6.45) is 3.35. The van der Waals surface area contributed by atoms with E-state index in [1.807, 2.05) is 25.1 Å². The molecule has 0 unspecified atom stereocenters. The van der Waals surface area contributed by atoms with Gasteiger partial charge >= 0.3 is 0 Å². The van der Waals surface area contributed by atoms with E-state index in [9.17, 15) is 9.90 Å². The Morgan fingerprint density at radius 1 is 1.25 bits per heavy atom. The predicted molar refractivity (Wildman–Crippen MR) is 138 cm³/mol. The van der Waals surface area contributed by atoms with Crippen LogP contribution in [-0.4, -0.2) is 46.8 Å². The Balaban J connectivity index is 1.44. The smallest absolute Gasteiger partial charge is 0.268 e. The van der Waals surface area contributed by atoms with E-state index < -0.39 is 11.6 Å². The number of aliphatic hydroxyl groups excluding tert-OH is 1. The van der Waals surface area contributed by atoms with Crippen LogP contribution in [0.1, 0.15) is 53.7 Å². The van der Waals surface area contributed by atoms with Gasteiger partial charge in [-0.1, -0.05) is 6.07 Å². The van der Waals surface area contributed by atoms with Gasteiger partial charge in [0.2, 0.25) is 0 Å². The number of hydrogen-bond acceptors (Lipinski definition) is 6. The number of nitrogens with one attached hydrogen (secondary N) is 1. The van der Waals surface area contributed by atoms with Gasteiger partial charge in [0.05, 0.1) is 30.6 Å². The molecule has 2 aromatic heterocycles. The van der Waals surface area contributed by atoms with Crippen molar-refractivity contribution in [3.8, 4) is 11.1 Å². The first kappa shape index (κ1) is 23.9. The van der Waals surface area contributed by atoms with Crippen molar-refractivity contribution in [3.63, 3.8) is 0 Å². The molecule has 3 aromatic rings. The lowest BCUT2D eigenvalue weighted by Crippen LogP contribution is -2.49. The molecular weight excluding hydrogens is 454 g/mol. The number of aryl methyl sites for hydroxylation is 1. The van der Waals surface area contributed by atoms with Gasteiger partial charge < -0.3 is 24.9 Å². The van der Waals surface area contributed by atoms with Gasteiger partial charge in [0.25, 0.3) is 11.4 Å². The standard InChI is InChI=1S/C28H29N5O3/c1-17-5-6-20(32-27(35)18-7-8-30-25(12-18)28(2,3)29-4)13-22(17)19-11-23-26(31-15-19)24(34)14-21-16-36-10-9-33(21)23/h5-8,11-13,15,21,24,34H,9-10,14,16H2,1-3H3,(H,32,35)/t21-,24-/m0/s1. The van der Waals surface area contributed by atoms with Crippen molar-refractivity contribution in [2.24, 2.45) is 0 Å². The van der Waals surface area contributed by atoms with Crippen molar-refractivity contribution in [1.29, 1.82) is 0 Å². The molecule has 36 heavy (non-hydrogen) atoms. The van der Waals surface area contributed by atoms with Crippen LogP contribution in [0.25, 0.3) is 16.0 Å². The van der Waals surface area contributed by atoms with Crippen molar-refractivity contribution in [2.45, 2.75) is 44.9 Å². The molecule has 1 fully saturated rings. The quantitative estimate of drug-likeness (QED) is 0.531. The van der Waals surface area contributed by atoms with Crippen LogP contribution < -0.4 is 10.2 Å². The summed E-state index contributed by atoms with van der Waals surface area (Å²) in [5.41, 5.74) is 5.43. The Bertz CT molecular complexity index is 1360. The number of amides is 1. The number of benzene rings is 1. The van der Waals surface area contributed by atoms with Gasteiger partial charge in [-0.05, 0) is 48.4 Å². The molecule has 0 bridgehead atoms. The van der Waals surface area contributed by atoms with Crippen LogP contribution in [0.5, 0.6) is 0 Å². The Morgan fingerprint density at radius 2 is 2.08 bits per heavy atom. The molecular formula is C28H29N5O3. The molecule has 2 N–H and O–H groups in total. The highest BCUT2D eigenvalue weighted by Crippen LogP contribution is 2.39. The number of aromatic nitrogens is 2. The molecule has 1 saturated heterocycles. The molecule has 0 aliphatic carbocycles. The van der Waals surface area contributed by atoms with Crippen LogP contribution in [-0.2, 0) is 10.3 Å². The summed E-state index contributed by atoms with van der Waals surface area (Å²) in [6.45, 7) is 15.0. The third-order valence-electron chi connectivity index (χ3n) is 6.98. The average Bonchev–Trinajstić information content (AvgIpc) is 2.89. The molecule has 5 rings (SSSR count). The minimum Gasteiger partial charge on any atom is -0.387 e. The Morgan fingerprint density at radius 3 is 2.89 bits per heavy atom. The minimum absolute atomic E-state index is 0.142. The first-order chi connectivity index (χ1) is 17.3. The number of nitrogens with zero attached hydrogens (tertiary/aromatic N) is 4.